The molecule has 20 heavy (non-hydrogen) atoms. The first-order valence-electron chi connectivity index (χ1n) is 6.53. The normalized spacial score (nSPS) is 15.8. The first-order chi connectivity index (χ1) is 9.52. The van der Waals surface area contributed by atoms with Crippen LogP contribution in [-0.4, -0.2) is 43.1 Å². The highest BCUT2D eigenvalue weighted by Gasteiger charge is 2.29. The smallest absolute Gasteiger partial charge is 0.324 e. The van der Waals surface area contributed by atoms with Gasteiger partial charge in [0.2, 0.25) is 0 Å². The highest BCUT2D eigenvalue weighted by atomic mass is 16.5. The number of nitrogens with one attached hydrogen (secondary N) is 2. The Hall–Kier alpha value is -2.24. The van der Waals surface area contributed by atoms with Crippen LogP contribution in [0.1, 0.15) is 12.5 Å². The number of benzene rings is 1. The molecule has 0 aromatic heterocycles. The van der Waals surface area contributed by atoms with Crippen molar-refractivity contribution in [1.82, 2.24) is 10.2 Å². The van der Waals surface area contributed by atoms with Gasteiger partial charge in [-0.25, -0.2) is 4.79 Å². The monoisotopic (exact) mass is 277 g/mol. The fraction of sp³-hybridized carbons (Fsp3) is 0.429. The Bertz CT molecular complexity index is 530. The Balaban J connectivity index is 2.11. The lowest BCUT2D eigenvalue weighted by atomic mass is 10.2. The van der Waals surface area contributed by atoms with Crippen LogP contribution in [0.2, 0.25) is 0 Å². The standard InChI is InChI=1S/C14H19N3O3/c1-9-4-5-12(20-3)11(8-9)16-10(2)13(18)17-7-6-15-14(17)19/h4-5,8,10,16H,6-7H2,1-3H3,(H,15,19)/t10-/m0/s1. The van der Waals surface area contributed by atoms with Crippen LogP contribution < -0.4 is 15.4 Å². The van der Waals surface area contributed by atoms with Crippen molar-refractivity contribution in [3.63, 3.8) is 0 Å². The summed E-state index contributed by atoms with van der Waals surface area (Å²) < 4.78 is 5.26. The molecule has 0 aliphatic carbocycles. The number of nitrogens with zero attached hydrogens (tertiary/aromatic N) is 1. The number of ether oxygens (including phenoxy) is 1. The molecule has 1 atom stereocenters. The first kappa shape index (κ1) is 14.2. The van der Waals surface area contributed by atoms with Crippen LogP contribution in [0.4, 0.5) is 10.5 Å². The van der Waals surface area contributed by atoms with E-state index in [2.05, 4.69) is 10.6 Å². The van der Waals surface area contributed by atoms with Gasteiger partial charge in [0.25, 0.3) is 5.91 Å². The molecule has 2 N–H and O–H groups in total. The number of hydrogen-bond acceptors (Lipinski definition) is 4. The van der Waals surface area contributed by atoms with Crippen molar-refractivity contribution in [3.05, 3.63) is 23.8 Å². The van der Waals surface area contributed by atoms with E-state index in [4.69, 9.17) is 4.74 Å². The third-order valence-electron chi connectivity index (χ3n) is 3.22. The Morgan fingerprint density at radius 1 is 1.50 bits per heavy atom. The molecule has 2 rings (SSSR count). The summed E-state index contributed by atoms with van der Waals surface area (Å²) in [5.74, 6) is 0.421. The fourth-order valence-electron chi connectivity index (χ4n) is 2.15. The Kier molecular flexibility index (Phi) is 4.12. The molecule has 1 aliphatic rings. The Morgan fingerprint density at radius 3 is 2.85 bits per heavy atom. The summed E-state index contributed by atoms with van der Waals surface area (Å²) in [6, 6.07) is 4.85. The predicted molar refractivity (Wildman–Crippen MR) is 75.9 cm³/mol. The maximum atomic E-state index is 12.2. The summed E-state index contributed by atoms with van der Waals surface area (Å²) in [4.78, 5) is 24.9. The number of hydrogen-bond donors (Lipinski definition) is 2. The van der Waals surface area contributed by atoms with Gasteiger partial charge in [0.05, 0.1) is 12.8 Å². The second-order valence-electron chi connectivity index (χ2n) is 4.79. The van der Waals surface area contributed by atoms with E-state index in [0.717, 1.165) is 11.3 Å². The van der Waals surface area contributed by atoms with Crippen molar-refractivity contribution in [1.29, 1.82) is 0 Å². The highest BCUT2D eigenvalue weighted by molar-refractivity contribution is 5.99. The van der Waals surface area contributed by atoms with Crippen molar-refractivity contribution in [2.24, 2.45) is 0 Å². The average molecular weight is 277 g/mol. The molecule has 0 unspecified atom stereocenters. The first-order valence-corrected chi connectivity index (χ1v) is 6.53. The summed E-state index contributed by atoms with van der Waals surface area (Å²) in [5, 5.41) is 5.72. The van der Waals surface area contributed by atoms with Gasteiger partial charge in [-0.2, -0.15) is 0 Å². The van der Waals surface area contributed by atoms with Crippen molar-refractivity contribution in [2.75, 3.05) is 25.5 Å². The molecule has 1 aromatic rings. The molecule has 0 saturated carbocycles. The summed E-state index contributed by atoms with van der Waals surface area (Å²) >= 11 is 0. The van der Waals surface area contributed by atoms with Crippen molar-refractivity contribution in [3.8, 4) is 5.75 Å². The Labute approximate surface area is 118 Å². The molecule has 1 fully saturated rings. The van der Waals surface area contributed by atoms with Crippen LogP contribution in [-0.2, 0) is 4.79 Å². The van der Waals surface area contributed by atoms with E-state index in [-0.39, 0.29) is 11.9 Å². The molecule has 0 bridgehead atoms. The summed E-state index contributed by atoms with van der Waals surface area (Å²) in [5.41, 5.74) is 1.81. The molecular weight excluding hydrogens is 258 g/mol. The van der Waals surface area contributed by atoms with E-state index in [0.29, 0.717) is 18.8 Å². The lowest BCUT2D eigenvalue weighted by molar-refractivity contribution is -0.128. The van der Waals surface area contributed by atoms with Crippen LogP contribution >= 0.6 is 0 Å². The maximum absolute atomic E-state index is 12.2. The molecule has 108 valence electrons. The number of carbonyl (C=O) groups excluding carboxylic acids is 2. The van der Waals surface area contributed by atoms with Crippen LogP contribution in [0.3, 0.4) is 0 Å². The molecule has 1 heterocycles. The van der Waals surface area contributed by atoms with E-state index in [1.54, 1.807) is 14.0 Å². The SMILES string of the molecule is COc1ccc(C)cc1N[C@@H](C)C(=O)N1CCNC1=O. The van der Waals surface area contributed by atoms with E-state index in [9.17, 15) is 9.59 Å². The molecule has 1 aromatic carbocycles. The minimum Gasteiger partial charge on any atom is -0.495 e. The number of rotatable bonds is 4. The van der Waals surface area contributed by atoms with Crippen LogP contribution in [0.5, 0.6) is 5.75 Å². The number of urea groups is 1. The fourth-order valence-corrected chi connectivity index (χ4v) is 2.15. The number of carbonyl (C=O) groups is 2. The molecule has 6 nitrogen and oxygen atoms in total. The van der Waals surface area contributed by atoms with Crippen molar-refractivity contribution in [2.45, 2.75) is 19.9 Å². The van der Waals surface area contributed by atoms with Crippen LogP contribution in [0.25, 0.3) is 0 Å². The topological polar surface area (TPSA) is 70.7 Å². The molecule has 0 radical (unpaired) electrons. The molecule has 1 aliphatic heterocycles. The highest BCUT2D eigenvalue weighted by Crippen LogP contribution is 2.26. The largest absolute Gasteiger partial charge is 0.495 e. The second-order valence-corrected chi connectivity index (χ2v) is 4.79. The number of methoxy groups -OCH3 is 1. The van der Waals surface area contributed by atoms with E-state index in [1.165, 1.54) is 4.90 Å². The molecular formula is C14H19N3O3. The van der Waals surface area contributed by atoms with Gasteiger partial charge in [0, 0.05) is 13.1 Å². The molecule has 6 heteroatoms. The average Bonchev–Trinajstić information content (AvgIpc) is 2.84. The van der Waals surface area contributed by atoms with Crippen LogP contribution in [0.15, 0.2) is 18.2 Å². The van der Waals surface area contributed by atoms with Gasteiger partial charge < -0.3 is 15.4 Å². The molecule has 0 spiro atoms. The van der Waals surface area contributed by atoms with Crippen LogP contribution in [0, 0.1) is 6.92 Å². The zero-order valence-corrected chi connectivity index (χ0v) is 11.9. The van der Waals surface area contributed by atoms with E-state index < -0.39 is 6.04 Å². The van der Waals surface area contributed by atoms with Gasteiger partial charge in [-0.1, -0.05) is 6.07 Å². The Morgan fingerprint density at radius 2 is 2.25 bits per heavy atom. The van der Waals surface area contributed by atoms with Gasteiger partial charge in [0.15, 0.2) is 0 Å². The van der Waals surface area contributed by atoms with Gasteiger partial charge in [-0.05, 0) is 31.5 Å². The van der Waals surface area contributed by atoms with Gasteiger partial charge in [-0.15, -0.1) is 0 Å². The predicted octanol–water partition coefficient (Wildman–Crippen LogP) is 1.36. The second kappa shape index (κ2) is 5.81. The van der Waals surface area contributed by atoms with Crippen molar-refractivity contribution >= 4 is 17.6 Å². The molecule has 1 saturated heterocycles. The third-order valence-corrected chi connectivity index (χ3v) is 3.22. The van der Waals surface area contributed by atoms with Crippen molar-refractivity contribution < 1.29 is 14.3 Å². The van der Waals surface area contributed by atoms with Gasteiger partial charge >= 0.3 is 6.03 Å². The molecule has 3 amide bonds. The lowest BCUT2D eigenvalue weighted by Crippen LogP contribution is -2.43. The zero-order chi connectivity index (χ0) is 14.7. The third kappa shape index (κ3) is 2.84. The van der Waals surface area contributed by atoms with E-state index in [1.807, 2.05) is 25.1 Å². The summed E-state index contributed by atoms with van der Waals surface area (Å²) in [6.45, 7) is 4.61. The van der Waals surface area contributed by atoms with Gasteiger partial charge in [-0.3, -0.25) is 9.69 Å². The summed E-state index contributed by atoms with van der Waals surface area (Å²) in [7, 11) is 1.58. The number of imide groups is 1. The summed E-state index contributed by atoms with van der Waals surface area (Å²) in [6.07, 6.45) is 0. The minimum atomic E-state index is -0.505. The minimum absolute atomic E-state index is 0.247. The lowest BCUT2D eigenvalue weighted by Gasteiger charge is -2.21. The van der Waals surface area contributed by atoms with Gasteiger partial charge in [0.1, 0.15) is 11.8 Å². The van der Waals surface area contributed by atoms with E-state index >= 15 is 0 Å². The quantitative estimate of drug-likeness (QED) is 0.871. The zero-order valence-electron chi connectivity index (χ0n) is 11.9. The number of aryl methyl sites for hydroxylation is 1. The maximum Gasteiger partial charge on any atom is 0.324 e. The number of amides is 3. The number of anilines is 1.